The molecule has 2 unspecified atom stereocenters. The van der Waals surface area contributed by atoms with Gasteiger partial charge in [-0.2, -0.15) is 23.5 Å². The van der Waals surface area contributed by atoms with E-state index in [1.165, 1.54) is 32.1 Å². The number of nitrogens with one attached hydrogen (secondary N) is 1. The molecule has 0 bridgehead atoms. The number of thioether (sulfide) groups is 2. The normalized spacial score (nSPS) is 20.3. The van der Waals surface area contributed by atoms with Crippen LogP contribution in [0.4, 0.5) is 4.79 Å². The summed E-state index contributed by atoms with van der Waals surface area (Å²) in [5.74, 6) is 3.51. The van der Waals surface area contributed by atoms with Crippen LogP contribution < -0.4 is 5.32 Å². The fourth-order valence-electron chi connectivity index (χ4n) is 4.58. The summed E-state index contributed by atoms with van der Waals surface area (Å²) in [7, 11) is 0. The molecule has 0 spiro atoms. The molecule has 1 aliphatic carbocycles. The second-order valence-electron chi connectivity index (χ2n) is 9.18. The Morgan fingerprint density at radius 3 is 2.27 bits per heavy atom. The van der Waals surface area contributed by atoms with Crippen molar-refractivity contribution in [2.45, 2.75) is 95.6 Å². The van der Waals surface area contributed by atoms with E-state index in [-0.39, 0.29) is 24.5 Å². The average molecular weight is 503 g/mol. The Kier molecular flexibility index (Phi) is 14.3. The third-order valence-corrected chi connectivity index (χ3v) is 8.83. The van der Waals surface area contributed by atoms with Gasteiger partial charge in [0.2, 0.25) is 0 Å². The lowest BCUT2D eigenvalue weighted by atomic mass is 9.84. The molecule has 0 aromatic carbocycles. The number of carboxylic acid groups (broad SMARTS) is 1. The third-order valence-electron chi connectivity index (χ3n) is 6.57. The smallest absolute Gasteiger partial charge is 0.324 e. The van der Waals surface area contributed by atoms with Gasteiger partial charge in [0, 0.05) is 13.0 Å². The first-order valence-electron chi connectivity index (χ1n) is 12.7. The van der Waals surface area contributed by atoms with Gasteiger partial charge in [-0.05, 0) is 80.3 Å². The molecule has 1 heterocycles. The summed E-state index contributed by atoms with van der Waals surface area (Å²) in [6.07, 6.45) is 12.1. The zero-order valence-corrected chi connectivity index (χ0v) is 21.5. The van der Waals surface area contributed by atoms with Crippen LogP contribution in [-0.4, -0.2) is 74.7 Å². The van der Waals surface area contributed by atoms with E-state index >= 15 is 0 Å². The standard InChI is InChI=1S/C24H42N2O5S2/c27-21(19-9-3-1-4-10-19)12-14-26-20(23(30)25-24(26)31)13-18-33-16-7-2-6-15-32-17-8-5-11-22(28)29/h19-21,27H,1-18H2,(H,28,29)(H,25,30,31). The van der Waals surface area contributed by atoms with E-state index < -0.39 is 12.0 Å². The zero-order valence-electron chi connectivity index (χ0n) is 19.8. The molecule has 2 aliphatic rings. The first kappa shape index (κ1) is 28.3. The maximum absolute atomic E-state index is 12.2. The van der Waals surface area contributed by atoms with Crippen molar-refractivity contribution in [3.8, 4) is 0 Å². The van der Waals surface area contributed by atoms with Gasteiger partial charge in [-0.1, -0.05) is 25.7 Å². The minimum Gasteiger partial charge on any atom is -0.481 e. The number of nitrogens with zero attached hydrogens (tertiary/aromatic N) is 1. The molecule has 3 amide bonds. The number of rotatable bonds is 18. The molecule has 0 aromatic heterocycles. The van der Waals surface area contributed by atoms with Gasteiger partial charge in [0.1, 0.15) is 6.04 Å². The second kappa shape index (κ2) is 16.7. The molecule has 9 heteroatoms. The maximum atomic E-state index is 12.2. The molecule has 33 heavy (non-hydrogen) atoms. The zero-order chi connectivity index (χ0) is 23.9. The first-order chi connectivity index (χ1) is 16.0. The maximum Gasteiger partial charge on any atom is 0.324 e. The second-order valence-corrected chi connectivity index (χ2v) is 11.6. The number of carbonyl (C=O) groups excluding carboxylic acids is 2. The Labute approximate surface area is 207 Å². The Morgan fingerprint density at radius 1 is 0.970 bits per heavy atom. The summed E-state index contributed by atoms with van der Waals surface area (Å²) in [6.45, 7) is 0.443. The van der Waals surface area contributed by atoms with Gasteiger partial charge in [0.05, 0.1) is 6.10 Å². The van der Waals surface area contributed by atoms with E-state index in [9.17, 15) is 19.5 Å². The fourth-order valence-corrected chi connectivity index (χ4v) is 6.60. The molecule has 3 N–H and O–H groups in total. The van der Waals surface area contributed by atoms with Gasteiger partial charge in [-0.3, -0.25) is 14.9 Å². The molecule has 0 aromatic rings. The lowest BCUT2D eigenvalue weighted by molar-refractivity contribution is -0.137. The van der Waals surface area contributed by atoms with Gasteiger partial charge >= 0.3 is 12.0 Å². The third kappa shape index (κ3) is 11.4. The average Bonchev–Trinajstić information content (AvgIpc) is 3.07. The molecule has 0 radical (unpaired) electrons. The highest BCUT2D eigenvalue weighted by molar-refractivity contribution is 7.99. The monoisotopic (exact) mass is 502 g/mol. The van der Waals surface area contributed by atoms with Gasteiger partial charge in [0.25, 0.3) is 5.91 Å². The molecule has 190 valence electrons. The topological polar surface area (TPSA) is 107 Å². The van der Waals surface area contributed by atoms with Gasteiger partial charge in [-0.15, -0.1) is 0 Å². The summed E-state index contributed by atoms with van der Waals surface area (Å²) in [6, 6.07) is -0.715. The number of carbonyl (C=O) groups is 3. The number of amides is 3. The van der Waals surface area contributed by atoms with Crippen molar-refractivity contribution in [3.63, 3.8) is 0 Å². The summed E-state index contributed by atoms with van der Waals surface area (Å²) in [4.78, 5) is 36.5. The molecule has 1 saturated heterocycles. The predicted molar refractivity (Wildman–Crippen MR) is 136 cm³/mol. The lowest BCUT2D eigenvalue weighted by Gasteiger charge is -2.29. The number of hydrogen-bond donors (Lipinski definition) is 3. The van der Waals surface area contributed by atoms with E-state index in [0.29, 0.717) is 25.3 Å². The minimum atomic E-state index is -0.709. The Hall–Kier alpha value is -0.930. The van der Waals surface area contributed by atoms with Crippen molar-refractivity contribution in [2.24, 2.45) is 5.92 Å². The highest BCUT2D eigenvalue weighted by Gasteiger charge is 2.38. The van der Waals surface area contributed by atoms with Crippen molar-refractivity contribution in [3.05, 3.63) is 0 Å². The van der Waals surface area contributed by atoms with Crippen LogP contribution in [0.5, 0.6) is 0 Å². The molecule has 2 rings (SSSR count). The van der Waals surface area contributed by atoms with E-state index in [4.69, 9.17) is 5.11 Å². The van der Waals surface area contributed by atoms with Gasteiger partial charge in [0.15, 0.2) is 0 Å². The summed E-state index contributed by atoms with van der Waals surface area (Å²) < 4.78 is 0. The summed E-state index contributed by atoms with van der Waals surface area (Å²) in [5, 5.41) is 21.6. The van der Waals surface area contributed by atoms with E-state index in [0.717, 1.165) is 55.1 Å². The number of imide groups is 1. The van der Waals surface area contributed by atoms with Crippen molar-refractivity contribution in [1.82, 2.24) is 10.2 Å². The largest absolute Gasteiger partial charge is 0.481 e. The summed E-state index contributed by atoms with van der Waals surface area (Å²) in [5.41, 5.74) is 0. The fraction of sp³-hybridized carbons (Fsp3) is 0.875. The van der Waals surface area contributed by atoms with Gasteiger partial charge in [-0.25, -0.2) is 4.79 Å². The van der Waals surface area contributed by atoms with Crippen molar-refractivity contribution < 1.29 is 24.6 Å². The number of unbranched alkanes of at least 4 members (excludes halogenated alkanes) is 3. The quantitative estimate of drug-likeness (QED) is 0.187. The minimum absolute atomic E-state index is 0.201. The van der Waals surface area contributed by atoms with Crippen LogP contribution in [0.25, 0.3) is 0 Å². The molecule has 1 aliphatic heterocycles. The van der Waals surface area contributed by atoms with Crippen LogP contribution in [0.1, 0.15) is 83.5 Å². The highest BCUT2D eigenvalue weighted by Crippen LogP contribution is 2.28. The van der Waals surface area contributed by atoms with Crippen LogP contribution in [0, 0.1) is 5.92 Å². The summed E-state index contributed by atoms with van der Waals surface area (Å²) >= 11 is 3.75. The molecule has 7 nitrogen and oxygen atoms in total. The number of carboxylic acids is 1. The molecule has 2 atom stereocenters. The number of aliphatic carboxylic acids is 1. The van der Waals surface area contributed by atoms with E-state index in [2.05, 4.69) is 5.32 Å². The Morgan fingerprint density at radius 2 is 1.61 bits per heavy atom. The Balaban J connectivity index is 1.50. The van der Waals surface area contributed by atoms with Crippen LogP contribution in [0.15, 0.2) is 0 Å². The number of hydrogen-bond acceptors (Lipinski definition) is 6. The van der Waals surface area contributed by atoms with Crippen molar-refractivity contribution in [2.75, 3.05) is 29.6 Å². The van der Waals surface area contributed by atoms with Gasteiger partial charge < -0.3 is 15.1 Å². The van der Waals surface area contributed by atoms with Crippen LogP contribution >= 0.6 is 23.5 Å². The van der Waals surface area contributed by atoms with Crippen LogP contribution in [0.2, 0.25) is 0 Å². The van der Waals surface area contributed by atoms with Crippen LogP contribution in [0.3, 0.4) is 0 Å². The number of urea groups is 1. The number of aliphatic hydroxyl groups excluding tert-OH is 1. The highest BCUT2D eigenvalue weighted by atomic mass is 32.2. The van der Waals surface area contributed by atoms with E-state index in [1.54, 1.807) is 4.90 Å². The van der Waals surface area contributed by atoms with Crippen LogP contribution in [-0.2, 0) is 9.59 Å². The predicted octanol–water partition coefficient (Wildman–Crippen LogP) is 4.52. The molecular weight excluding hydrogens is 460 g/mol. The molecular formula is C24H42N2O5S2. The lowest BCUT2D eigenvalue weighted by Crippen LogP contribution is -2.38. The molecule has 1 saturated carbocycles. The molecule has 2 fully saturated rings. The van der Waals surface area contributed by atoms with Crippen molar-refractivity contribution in [1.29, 1.82) is 0 Å². The number of aliphatic hydroxyl groups is 1. The Bertz CT molecular complexity index is 601. The van der Waals surface area contributed by atoms with Crippen molar-refractivity contribution >= 4 is 41.4 Å². The first-order valence-corrected chi connectivity index (χ1v) is 15.0. The van der Waals surface area contributed by atoms with E-state index in [1.807, 2.05) is 23.5 Å². The SMILES string of the molecule is O=C(O)CCCCSCCCCCSCCC1C(=O)NC(=O)N1CCC(O)C1CCCCC1.